The van der Waals surface area contributed by atoms with E-state index < -0.39 is 0 Å². The van der Waals surface area contributed by atoms with Gasteiger partial charge in [0.2, 0.25) is 0 Å². The van der Waals surface area contributed by atoms with E-state index in [0.717, 1.165) is 33.3 Å². The number of hydrazine groups is 1. The Morgan fingerprint density at radius 2 is 2.00 bits per heavy atom. The zero-order chi connectivity index (χ0) is 17.3. The van der Waals surface area contributed by atoms with Gasteiger partial charge in [-0.05, 0) is 43.9 Å². The molecule has 1 aromatic heterocycles. The molecule has 3 N–H and O–H groups in total. The molecule has 1 fully saturated rings. The standard InChI is InChI=1S/C18H21ClN4S/c1-10-8-15(10)23-17(13-4-6-14(19)7-5-13)16-11(2)12(3)24-18(16)21-9-22-20/h4-7,9-10,15H,8,20H2,1-3H3,(H,21,22). The van der Waals surface area contributed by atoms with Crippen molar-refractivity contribution in [2.75, 3.05) is 0 Å². The minimum atomic E-state index is 0.389. The molecule has 0 saturated heterocycles. The normalized spacial score (nSPS) is 20.6. The lowest BCUT2D eigenvalue weighted by molar-refractivity contribution is 0.895. The van der Waals surface area contributed by atoms with Crippen LogP contribution in [0.2, 0.25) is 5.02 Å². The zero-order valence-corrected chi connectivity index (χ0v) is 15.6. The van der Waals surface area contributed by atoms with E-state index in [1.165, 1.54) is 16.8 Å². The molecule has 24 heavy (non-hydrogen) atoms. The molecule has 1 aliphatic carbocycles. The summed E-state index contributed by atoms with van der Waals surface area (Å²) < 4.78 is 0. The van der Waals surface area contributed by atoms with Crippen molar-refractivity contribution in [1.29, 1.82) is 0 Å². The lowest BCUT2D eigenvalue weighted by atomic mass is 10.00. The Balaban J connectivity index is 2.14. The molecule has 1 aromatic carbocycles. The molecule has 3 rings (SSSR count). The molecule has 4 nitrogen and oxygen atoms in total. The summed E-state index contributed by atoms with van der Waals surface area (Å²) in [6.45, 7) is 6.46. The number of halogens is 1. The predicted molar refractivity (Wildman–Crippen MR) is 104 cm³/mol. The minimum absolute atomic E-state index is 0.389. The van der Waals surface area contributed by atoms with Gasteiger partial charge in [0.15, 0.2) is 0 Å². The highest BCUT2D eigenvalue weighted by Gasteiger charge is 2.33. The summed E-state index contributed by atoms with van der Waals surface area (Å²) in [5.41, 5.74) is 6.84. The van der Waals surface area contributed by atoms with Crippen molar-refractivity contribution in [3.8, 4) is 0 Å². The van der Waals surface area contributed by atoms with E-state index in [0.29, 0.717) is 12.0 Å². The van der Waals surface area contributed by atoms with Gasteiger partial charge in [-0.3, -0.25) is 4.99 Å². The summed E-state index contributed by atoms with van der Waals surface area (Å²) in [5.74, 6) is 5.99. The fourth-order valence-electron chi connectivity index (χ4n) is 2.61. The van der Waals surface area contributed by atoms with Crippen LogP contribution in [-0.2, 0) is 0 Å². The van der Waals surface area contributed by atoms with Crippen molar-refractivity contribution in [2.45, 2.75) is 33.2 Å². The van der Waals surface area contributed by atoms with Crippen LogP contribution in [0, 0.1) is 19.8 Å². The fourth-order valence-corrected chi connectivity index (χ4v) is 3.74. The highest BCUT2D eigenvalue weighted by molar-refractivity contribution is 7.16. The van der Waals surface area contributed by atoms with Crippen LogP contribution < -0.4 is 11.3 Å². The molecule has 2 atom stereocenters. The number of thiophene rings is 1. The van der Waals surface area contributed by atoms with Gasteiger partial charge in [0, 0.05) is 21.0 Å². The van der Waals surface area contributed by atoms with Gasteiger partial charge in [0.25, 0.3) is 0 Å². The number of rotatable bonds is 5. The molecule has 126 valence electrons. The van der Waals surface area contributed by atoms with Crippen LogP contribution in [-0.4, -0.2) is 18.1 Å². The minimum Gasteiger partial charge on any atom is -0.315 e. The molecular weight excluding hydrogens is 340 g/mol. The largest absolute Gasteiger partial charge is 0.315 e. The van der Waals surface area contributed by atoms with Gasteiger partial charge >= 0.3 is 0 Å². The molecule has 0 aliphatic heterocycles. The molecule has 2 unspecified atom stereocenters. The fraction of sp³-hybridized carbons (Fsp3) is 0.333. The predicted octanol–water partition coefficient (Wildman–Crippen LogP) is 4.39. The highest BCUT2D eigenvalue weighted by atomic mass is 35.5. The van der Waals surface area contributed by atoms with E-state index >= 15 is 0 Å². The number of aryl methyl sites for hydroxylation is 1. The third-order valence-electron chi connectivity index (χ3n) is 4.34. The first-order valence-corrected chi connectivity index (χ1v) is 9.13. The van der Waals surface area contributed by atoms with E-state index in [2.05, 4.69) is 31.2 Å². The molecule has 0 bridgehead atoms. The van der Waals surface area contributed by atoms with Gasteiger partial charge in [-0.2, -0.15) is 0 Å². The van der Waals surface area contributed by atoms with Gasteiger partial charge in [0.05, 0.1) is 11.8 Å². The van der Waals surface area contributed by atoms with Crippen molar-refractivity contribution in [1.82, 2.24) is 5.43 Å². The van der Waals surface area contributed by atoms with E-state index in [9.17, 15) is 0 Å². The summed E-state index contributed by atoms with van der Waals surface area (Å²) in [7, 11) is 0. The summed E-state index contributed by atoms with van der Waals surface area (Å²) in [4.78, 5) is 10.7. The quantitative estimate of drug-likeness (QED) is 0.359. The van der Waals surface area contributed by atoms with E-state index in [1.54, 1.807) is 11.3 Å². The number of nitrogens with zero attached hydrogens (tertiary/aromatic N) is 2. The van der Waals surface area contributed by atoms with Crippen LogP contribution in [0.1, 0.15) is 34.9 Å². The summed E-state index contributed by atoms with van der Waals surface area (Å²) in [6, 6.07) is 8.24. The van der Waals surface area contributed by atoms with Crippen LogP contribution in [0.15, 0.2) is 34.3 Å². The van der Waals surface area contributed by atoms with Crippen LogP contribution in [0.4, 0.5) is 5.00 Å². The maximum absolute atomic E-state index is 6.06. The number of aliphatic imine (C=N–C) groups is 2. The van der Waals surface area contributed by atoms with Gasteiger partial charge in [0.1, 0.15) is 11.3 Å². The van der Waals surface area contributed by atoms with Gasteiger partial charge in [-0.25, -0.2) is 10.8 Å². The van der Waals surface area contributed by atoms with Gasteiger partial charge in [-0.1, -0.05) is 30.7 Å². The number of hydrogen-bond acceptors (Lipinski definition) is 4. The smallest absolute Gasteiger partial charge is 0.127 e. The van der Waals surface area contributed by atoms with Crippen molar-refractivity contribution in [3.63, 3.8) is 0 Å². The maximum atomic E-state index is 6.06. The first-order chi connectivity index (χ1) is 11.5. The Bertz CT molecular complexity index is 792. The van der Waals surface area contributed by atoms with Gasteiger partial charge in [-0.15, -0.1) is 11.3 Å². The second-order valence-electron chi connectivity index (χ2n) is 6.15. The molecule has 0 radical (unpaired) electrons. The van der Waals surface area contributed by atoms with E-state index in [-0.39, 0.29) is 0 Å². The molecular formula is C18H21ClN4S. The van der Waals surface area contributed by atoms with Crippen LogP contribution >= 0.6 is 22.9 Å². The Morgan fingerprint density at radius 3 is 2.58 bits per heavy atom. The van der Waals surface area contributed by atoms with Crippen molar-refractivity contribution < 1.29 is 0 Å². The van der Waals surface area contributed by atoms with Crippen LogP contribution in [0.5, 0.6) is 0 Å². The Labute approximate surface area is 151 Å². The average Bonchev–Trinajstić information content (AvgIpc) is 3.19. The van der Waals surface area contributed by atoms with E-state index in [1.807, 2.05) is 24.3 Å². The second-order valence-corrected chi connectivity index (χ2v) is 7.79. The van der Waals surface area contributed by atoms with Crippen molar-refractivity contribution in [3.05, 3.63) is 50.9 Å². The number of benzene rings is 1. The van der Waals surface area contributed by atoms with Gasteiger partial charge < -0.3 is 5.43 Å². The van der Waals surface area contributed by atoms with Crippen molar-refractivity contribution in [2.24, 2.45) is 21.7 Å². The Hall–Kier alpha value is -1.69. The second kappa shape index (κ2) is 7.05. The lowest BCUT2D eigenvalue weighted by Crippen LogP contribution is -2.18. The monoisotopic (exact) mass is 360 g/mol. The maximum Gasteiger partial charge on any atom is 0.127 e. The average molecular weight is 361 g/mol. The topological polar surface area (TPSA) is 62.8 Å². The number of hydrogen-bond donors (Lipinski definition) is 2. The number of nitrogens with two attached hydrogens (primary N) is 1. The molecule has 1 aliphatic rings. The molecule has 1 heterocycles. The lowest BCUT2D eigenvalue weighted by Gasteiger charge is -2.09. The van der Waals surface area contributed by atoms with Crippen molar-refractivity contribution >= 4 is 40.0 Å². The Kier molecular flexibility index (Phi) is 5.04. The first-order valence-electron chi connectivity index (χ1n) is 7.94. The van der Waals surface area contributed by atoms with E-state index in [4.69, 9.17) is 22.4 Å². The zero-order valence-electron chi connectivity index (χ0n) is 14.0. The summed E-state index contributed by atoms with van der Waals surface area (Å²) in [5, 5.41) is 1.65. The molecule has 2 aromatic rings. The molecule has 1 saturated carbocycles. The van der Waals surface area contributed by atoms with Crippen LogP contribution in [0.25, 0.3) is 0 Å². The third-order valence-corrected chi connectivity index (χ3v) is 5.71. The van der Waals surface area contributed by atoms with Crippen LogP contribution in [0.3, 0.4) is 0 Å². The third kappa shape index (κ3) is 3.53. The highest BCUT2D eigenvalue weighted by Crippen LogP contribution is 2.39. The molecule has 6 heteroatoms. The molecule has 0 amide bonds. The Morgan fingerprint density at radius 1 is 1.33 bits per heavy atom. The summed E-state index contributed by atoms with van der Waals surface area (Å²) in [6.07, 6.45) is 2.65. The number of nitrogens with one attached hydrogen (secondary N) is 1. The SMILES string of the molecule is Cc1sc(/N=C/NN)c(C(=NC2CC2C)c2ccc(Cl)cc2)c1C. The molecule has 0 spiro atoms. The first kappa shape index (κ1) is 17.1. The summed E-state index contributed by atoms with van der Waals surface area (Å²) >= 11 is 7.71.